The Morgan fingerprint density at radius 3 is 2.82 bits per heavy atom. The van der Waals surface area contributed by atoms with E-state index in [0.717, 1.165) is 0 Å². The van der Waals surface area contributed by atoms with Gasteiger partial charge >= 0.3 is 0 Å². The fourth-order valence-electron chi connectivity index (χ4n) is 2.44. The molecule has 0 amide bonds. The van der Waals surface area contributed by atoms with Crippen molar-refractivity contribution >= 4 is 33.2 Å². The van der Waals surface area contributed by atoms with Gasteiger partial charge in [0.15, 0.2) is 17.3 Å². The minimum Gasteiger partial charge on any atom is -0.496 e. The normalized spacial score (nSPS) is 11.4. The number of hydrogen-bond donors (Lipinski definition) is 2. The predicted octanol–water partition coefficient (Wildman–Crippen LogP) is 3.46. The van der Waals surface area contributed by atoms with Gasteiger partial charge in [-0.2, -0.15) is 0 Å². The molecule has 0 unspecified atom stereocenters. The minimum absolute atomic E-state index is 0.0474. The van der Waals surface area contributed by atoms with Crippen LogP contribution in [0.1, 0.15) is 21.7 Å². The first-order valence-electron chi connectivity index (χ1n) is 7.95. The van der Waals surface area contributed by atoms with Gasteiger partial charge in [0, 0.05) is 0 Å². The van der Waals surface area contributed by atoms with Crippen LogP contribution in [0.5, 0.6) is 5.75 Å². The molecule has 0 bridgehead atoms. The number of aliphatic imine (C=N–C) groups is 1. The minimum atomic E-state index is -0.455. The number of aromatic nitrogens is 2. The van der Waals surface area contributed by atoms with Crippen molar-refractivity contribution in [1.82, 2.24) is 15.8 Å². The third-order valence-electron chi connectivity index (χ3n) is 3.77. The van der Waals surface area contributed by atoms with Crippen molar-refractivity contribution < 1.29 is 23.8 Å². The average Bonchev–Trinajstić information content (AvgIpc) is 3.16. The van der Waals surface area contributed by atoms with Crippen LogP contribution < -0.4 is 10.2 Å². The highest BCUT2D eigenvalue weighted by atomic mass is 79.9. The number of hydrogen-bond acceptors (Lipinski definition) is 7. The maximum atomic E-state index is 13.4. The molecule has 0 fully saturated rings. The lowest BCUT2D eigenvalue weighted by Gasteiger charge is -2.07. The Morgan fingerprint density at radius 2 is 2.11 bits per heavy atom. The maximum absolute atomic E-state index is 13.4. The average molecular weight is 449 g/mol. The Morgan fingerprint density at radius 1 is 1.32 bits per heavy atom. The molecule has 10 heteroatoms. The number of methoxy groups -OCH3 is 1. The molecule has 1 aromatic heterocycles. The Bertz CT molecular complexity index is 1040. The number of nitrogens with zero attached hydrogens (tertiary/aromatic N) is 3. The third kappa shape index (κ3) is 4.24. The number of para-hydroxylation sites is 1. The van der Waals surface area contributed by atoms with Crippen molar-refractivity contribution in [1.29, 1.82) is 0 Å². The van der Waals surface area contributed by atoms with Gasteiger partial charge in [0.05, 0.1) is 29.3 Å². The van der Waals surface area contributed by atoms with Crippen molar-refractivity contribution in [3.05, 3.63) is 69.7 Å². The Balaban J connectivity index is 1.90. The molecule has 0 saturated carbocycles. The van der Waals surface area contributed by atoms with Crippen LogP contribution in [-0.2, 0) is 6.42 Å². The molecule has 3 rings (SSSR count). The van der Waals surface area contributed by atoms with E-state index in [2.05, 4.69) is 31.2 Å². The summed E-state index contributed by atoms with van der Waals surface area (Å²) in [6, 6.07) is 10.8. The molecule has 144 valence electrons. The second kappa shape index (κ2) is 8.72. The number of amidine groups is 1. The number of halogens is 2. The van der Waals surface area contributed by atoms with Gasteiger partial charge in [-0.1, -0.05) is 17.3 Å². The van der Waals surface area contributed by atoms with Crippen LogP contribution in [0.15, 0.2) is 56.6 Å². The van der Waals surface area contributed by atoms with E-state index in [-0.39, 0.29) is 33.9 Å². The maximum Gasteiger partial charge on any atom is 0.182 e. The van der Waals surface area contributed by atoms with Gasteiger partial charge in [-0.25, -0.2) is 14.0 Å². The molecule has 0 aliphatic rings. The molecule has 3 aromatic rings. The van der Waals surface area contributed by atoms with Crippen LogP contribution in [0.2, 0.25) is 0 Å². The molecule has 0 atom stereocenters. The number of Topliss-reactive ketones (excluding diaryl/α,β-unsaturated/α-hetero) is 1. The first-order valence-corrected chi connectivity index (χ1v) is 8.74. The second-order valence-corrected chi connectivity index (χ2v) is 6.38. The van der Waals surface area contributed by atoms with Gasteiger partial charge in [-0.15, -0.1) is 0 Å². The highest BCUT2D eigenvalue weighted by molar-refractivity contribution is 9.10. The zero-order valence-corrected chi connectivity index (χ0v) is 16.1. The van der Waals surface area contributed by atoms with Crippen molar-refractivity contribution in [2.75, 3.05) is 7.11 Å². The molecule has 0 spiro atoms. The Labute approximate surface area is 167 Å². The highest BCUT2D eigenvalue weighted by Gasteiger charge is 2.21. The molecular weight excluding hydrogens is 435 g/mol. The molecule has 0 aliphatic carbocycles. The summed E-state index contributed by atoms with van der Waals surface area (Å²) in [7, 11) is 1.47. The van der Waals surface area contributed by atoms with Crippen molar-refractivity contribution in [3.63, 3.8) is 0 Å². The van der Waals surface area contributed by atoms with E-state index < -0.39 is 5.82 Å². The van der Waals surface area contributed by atoms with Crippen molar-refractivity contribution in [2.45, 2.75) is 6.42 Å². The van der Waals surface area contributed by atoms with Gasteiger partial charge < -0.3 is 4.74 Å². The van der Waals surface area contributed by atoms with E-state index in [0.29, 0.717) is 17.0 Å². The molecule has 2 aromatic carbocycles. The largest absolute Gasteiger partial charge is 0.496 e. The number of carbonyl (C=O) groups is 1. The van der Waals surface area contributed by atoms with E-state index in [4.69, 9.17) is 9.37 Å². The lowest BCUT2D eigenvalue weighted by atomic mass is 10.0. The van der Waals surface area contributed by atoms with Gasteiger partial charge in [-0.05, 0) is 51.4 Å². The van der Waals surface area contributed by atoms with Gasteiger partial charge in [0.1, 0.15) is 17.3 Å². The summed E-state index contributed by atoms with van der Waals surface area (Å²) in [5.74, 6) is -0.418. The fourth-order valence-corrected chi connectivity index (χ4v) is 2.81. The zero-order valence-electron chi connectivity index (χ0n) is 14.5. The lowest BCUT2D eigenvalue weighted by molar-refractivity contribution is 0.0987. The number of nitrogens with one attached hydrogen (secondary N) is 1. The summed E-state index contributed by atoms with van der Waals surface area (Å²) in [6.07, 6.45) is -0.160. The predicted molar refractivity (Wildman–Crippen MR) is 101 cm³/mol. The molecule has 0 radical (unpaired) electrons. The number of hydroxylamine groups is 1. The number of benzene rings is 2. The van der Waals surface area contributed by atoms with Crippen LogP contribution in [-0.4, -0.2) is 34.2 Å². The monoisotopic (exact) mass is 448 g/mol. The molecule has 2 N–H and O–H groups in total. The highest BCUT2D eigenvalue weighted by Crippen LogP contribution is 2.23. The summed E-state index contributed by atoms with van der Waals surface area (Å²) >= 11 is 3.06. The van der Waals surface area contributed by atoms with E-state index in [1.54, 1.807) is 24.3 Å². The van der Waals surface area contributed by atoms with Crippen LogP contribution >= 0.6 is 15.9 Å². The first-order chi connectivity index (χ1) is 13.5. The number of ketones is 1. The molecule has 0 saturated heterocycles. The summed E-state index contributed by atoms with van der Waals surface area (Å²) < 4.78 is 23.5. The smallest absolute Gasteiger partial charge is 0.182 e. The molecule has 0 aliphatic heterocycles. The van der Waals surface area contributed by atoms with Crippen LogP contribution in [0, 0.1) is 5.82 Å². The van der Waals surface area contributed by atoms with Crippen molar-refractivity contribution in [2.24, 2.45) is 4.99 Å². The topological polar surface area (TPSA) is 110 Å². The van der Waals surface area contributed by atoms with E-state index in [1.165, 1.54) is 25.3 Å². The van der Waals surface area contributed by atoms with Crippen molar-refractivity contribution in [3.8, 4) is 5.75 Å². The van der Waals surface area contributed by atoms with Crippen LogP contribution in [0.25, 0.3) is 0 Å². The number of ether oxygens (including phenoxy) is 1. The molecule has 28 heavy (non-hydrogen) atoms. The Kier molecular flexibility index (Phi) is 6.12. The number of carbonyl (C=O) groups excluding carboxylic acids is 1. The van der Waals surface area contributed by atoms with Crippen LogP contribution in [0.4, 0.5) is 10.1 Å². The first kappa shape index (κ1) is 19.6. The quantitative estimate of drug-likeness (QED) is 0.257. The molecule has 8 nitrogen and oxygen atoms in total. The SMILES string of the molecule is COc1ccccc1C(=O)Cc1nonc1C(=Nc1ccc(F)c(Br)c1)NO. The Hall–Kier alpha value is -3.11. The molecule has 1 heterocycles. The van der Waals surface area contributed by atoms with E-state index in [9.17, 15) is 14.4 Å². The van der Waals surface area contributed by atoms with E-state index in [1.807, 2.05) is 5.48 Å². The summed E-state index contributed by atoms with van der Waals surface area (Å²) in [6.45, 7) is 0. The fraction of sp³-hybridized carbons (Fsp3) is 0.111. The zero-order chi connectivity index (χ0) is 20.1. The second-order valence-electron chi connectivity index (χ2n) is 5.53. The summed E-state index contributed by atoms with van der Waals surface area (Å²) in [5.41, 5.74) is 2.82. The summed E-state index contributed by atoms with van der Waals surface area (Å²) in [4.78, 5) is 16.8. The van der Waals surface area contributed by atoms with E-state index >= 15 is 0 Å². The van der Waals surface area contributed by atoms with Crippen LogP contribution in [0.3, 0.4) is 0 Å². The third-order valence-corrected chi connectivity index (χ3v) is 4.37. The molecular formula is C18H14BrFN4O4. The number of rotatable bonds is 6. The van der Waals surface area contributed by atoms with Gasteiger partial charge in [0.25, 0.3) is 0 Å². The lowest BCUT2D eigenvalue weighted by Crippen LogP contribution is -2.22. The van der Waals surface area contributed by atoms with Gasteiger partial charge in [-0.3, -0.25) is 15.5 Å². The summed E-state index contributed by atoms with van der Waals surface area (Å²) in [5, 5.41) is 16.9. The standard InChI is InChI=1S/C18H14BrFN4O4/c1-27-16-5-3-2-4-11(16)15(25)9-14-17(24-28-23-14)18(22-26)21-10-6-7-13(20)12(19)8-10/h2-8,26H,9H2,1H3,(H,21,22). The van der Waals surface area contributed by atoms with Gasteiger partial charge in [0.2, 0.25) is 0 Å².